The number of carbonyl (C=O) groups excluding carboxylic acids is 1. The highest BCUT2D eigenvalue weighted by Gasteiger charge is 2.15. The quantitative estimate of drug-likeness (QED) is 0.726. The SMILES string of the molecule is CC(C)NS(=O)(=O)c1ccc(NC(=O)C(C)CN)cc1. The minimum absolute atomic E-state index is 0.163. The van der Waals surface area contributed by atoms with Crippen molar-refractivity contribution in [2.75, 3.05) is 11.9 Å². The molecule has 1 rings (SSSR count). The molecule has 1 aromatic rings. The molecule has 1 unspecified atom stereocenters. The highest BCUT2D eigenvalue weighted by molar-refractivity contribution is 7.89. The number of hydrogen-bond acceptors (Lipinski definition) is 4. The highest BCUT2D eigenvalue weighted by Crippen LogP contribution is 2.15. The molecule has 0 aromatic heterocycles. The Labute approximate surface area is 119 Å². The predicted octanol–water partition coefficient (Wildman–Crippen LogP) is 0.907. The van der Waals surface area contributed by atoms with E-state index in [1.807, 2.05) is 0 Å². The molecular formula is C13H21N3O3S. The third-order valence-electron chi connectivity index (χ3n) is 2.62. The Bertz CT molecular complexity index is 553. The Kier molecular flexibility index (Phi) is 5.67. The number of sulfonamides is 1. The summed E-state index contributed by atoms with van der Waals surface area (Å²) in [5, 5.41) is 2.68. The zero-order chi connectivity index (χ0) is 15.3. The first-order valence-electron chi connectivity index (χ1n) is 6.39. The molecule has 0 saturated heterocycles. The van der Waals surface area contributed by atoms with Gasteiger partial charge in [0.2, 0.25) is 15.9 Å². The van der Waals surface area contributed by atoms with Crippen molar-refractivity contribution < 1.29 is 13.2 Å². The zero-order valence-electron chi connectivity index (χ0n) is 11.9. The molecule has 0 aliphatic carbocycles. The van der Waals surface area contributed by atoms with Gasteiger partial charge in [0.1, 0.15) is 0 Å². The first-order chi connectivity index (χ1) is 9.26. The standard InChI is InChI=1S/C13H21N3O3S/c1-9(2)16-20(18,19)12-6-4-11(5-7-12)15-13(17)10(3)8-14/h4-7,9-10,16H,8,14H2,1-3H3,(H,15,17). The summed E-state index contributed by atoms with van der Waals surface area (Å²) in [6, 6.07) is 5.83. The van der Waals surface area contributed by atoms with E-state index >= 15 is 0 Å². The third-order valence-corrected chi connectivity index (χ3v) is 4.30. The minimum atomic E-state index is -3.51. The summed E-state index contributed by atoms with van der Waals surface area (Å²) < 4.78 is 26.3. The van der Waals surface area contributed by atoms with Crippen LogP contribution >= 0.6 is 0 Å². The summed E-state index contributed by atoms with van der Waals surface area (Å²) in [7, 11) is -3.51. The number of nitrogens with two attached hydrogens (primary N) is 1. The summed E-state index contributed by atoms with van der Waals surface area (Å²) in [5.41, 5.74) is 5.95. The largest absolute Gasteiger partial charge is 0.330 e. The van der Waals surface area contributed by atoms with Crippen LogP contribution in [0.4, 0.5) is 5.69 Å². The van der Waals surface area contributed by atoms with Crippen molar-refractivity contribution in [2.24, 2.45) is 11.7 Å². The van der Waals surface area contributed by atoms with Gasteiger partial charge >= 0.3 is 0 Å². The molecule has 0 spiro atoms. The summed E-state index contributed by atoms with van der Waals surface area (Å²) in [5.74, 6) is -0.482. The molecule has 0 heterocycles. The lowest BCUT2D eigenvalue weighted by atomic mass is 10.1. The molecule has 4 N–H and O–H groups in total. The zero-order valence-corrected chi connectivity index (χ0v) is 12.7. The lowest BCUT2D eigenvalue weighted by molar-refractivity contribution is -0.119. The molecule has 1 aromatic carbocycles. The fraction of sp³-hybridized carbons (Fsp3) is 0.462. The van der Waals surface area contributed by atoms with Crippen LogP contribution in [0, 0.1) is 5.92 Å². The number of anilines is 1. The maximum absolute atomic E-state index is 11.9. The fourth-order valence-electron chi connectivity index (χ4n) is 1.47. The Morgan fingerprint density at radius 2 is 1.75 bits per heavy atom. The number of rotatable bonds is 6. The van der Waals surface area contributed by atoms with Crippen LogP contribution < -0.4 is 15.8 Å². The smallest absolute Gasteiger partial charge is 0.240 e. The van der Waals surface area contributed by atoms with Gasteiger partial charge in [0.05, 0.1) is 4.90 Å². The van der Waals surface area contributed by atoms with Crippen LogP contribution in [-0.2, 0) is 14.8 Å². The van der Waals surface area contributed by atoms with E-state index in [9.17, 15) is 13.2 Å². The number of nitrogens with one attached hydrogen (secondary N) is 2. The van der Waals surface area contributed by atoms with Gasteiger partial charge in [0, 0.05) is 24.2 Å². The van der Waals surface area contributed by atoms with Crippen LogP contribution in [0.2, 0.25) is 0 Å². The lowest BCUT2D eigenvalue weighted by Gasteiger charge is -2.12. The van der Waals surface area contributed by atoms with Crippen LogP contribution in [0.25, 0.3) is 0 Å². The van der Waals surface area contributed by atoms with E-state index in [0.717, 1.165) is 0 Å². The molecule has 6 nitrogen and oxygen atoms in total. The van der Waals surface area contributed by atoms with Crippen LogP contribution in [-0.4, -0.2) is 26.9 Å². The molecular weight excluding hydrogens is 278 g/mol. The van der Waals surface area contributed by atoms with Crippen molar-refractivity contribution in [1.82, 2.24) is 4.72 Å². The number of hydrogen-bond donors (Lipinski definition) is 3. The number of carbonyl (C=O) groups is 1. The second kappa shape index (κ2) is 6.83. The monoisotopic (exact) mass is 299 g/mol. The minimum Gasteiger partial charge on any atom is -0.330 e. The predicted molar refractivity (Wildman–Crippen MR) is 78.7 cm³/mol. The Balaban J connectivity index is 2.82. The first kappa shape index (κ1) is 16.6. The maximum Gasteiger partial charge on any atom is 0.240 e. The topological polar surface area (TPSA) is 101 Å². The number of amides is 1. The molecule has 20 heavy (non-hydrogen) atoms. The molecule has 0 aliphatic rings. The maximum atomic E-state index is 11.9. The van der Waals surface area contributed by atoms with Gasteiger partial charge in [-0.25, -0.2) is 13.1 Å². The van der Waals surface area contributed by atoms with Crippen molar-refractivity contribution in [1.29, 1.82) is 0 Å². The Morgan fingerprint density at radius 3 is 2.20 bits per heavy atom. The van der Waals surface area contributed by atoms with Gasteiger partial charge in [0.25, 0.3) is 0 Å². The van der Waals surface area contributed by atoms with E-state index in [1.54, 1.807) is 32.9 Å². The molecule has 1 atom stereocenters. The molecule has 112 valence electrons. The average molecular weight is 299 g/mol. The van der Waals surface area contributed by atoms with E-state index in [4.69, 9.17) is 5.73 Å². The number of benzene rings is 1. The van der Waals surface area contributed by atoms with Crippen molar-refractivity contribution >= 4 is 21.6 Å². The third kappa shape index (κ3) is 4.59. The van der Waals surface area contributed by atoms with Crippen molar-refractivity contribution in [3.63, 3.8) is 0 Å². The van der Waals surface area contributed by atoms with Gasteiger partial charge in [-0.15, -0.1) is 0 Å². The van der Waals surface area contributed by atoms with Crippen molar-refractivity contribution in [2.45, 2.75) is 31.7 Å². The molecule has 7 heteroatoms. The summed E-state index contributed by atoms with van der Waals surface area (Å²) >= 11 is 0. The summed E-state index contributed by atoms with van der Waals surface area (Å²) in [6.45, 7) is 5.48. The van der Waals surface area contributed by atoms with Crippen LogP contribution in [0.5, 0.6) is 0 Å². The van der Waals surface area contributed by atoms with Crippen molar-refractivity contribution in [3.05, 3.63) is 24.3 Å². The highest BCUT2D eigenvalue weighted by atomic mass is 32.2. The van der Waals surface area contributed by atoms with Crippen LogP contribution in [0.1, 0.15) is 20.8 Å². The van der Waals surface area contributed by atoms with Gasteiger partial charge in [0.15, 0.2) is 0 Å². The second-order valence-corrected chi connectivity index (χ2v) is 6.64. The van der Waals surface area contributed by atoms with Gasteiger partial charge in [-0.05, 0) is 38.1 Å². The van der Waals surface area contributed by atoms with Gasteiger partial charge in [-0.1, -0.05) is 6.92 Å². The van der Waals surface area contributed by atoms with Gasteiger partial charge < -0.3 is 11.1 Å². The van der Waals surface area contributed by atoms with E-state index in [1.165, 1.54) is 12.1 Å². The van der Waals surface area contributed by atoms with E-state index < -0.39 is 10.0 Å². The van der Waals surface area contributed by atoms with Gasteiger partial charge in [-0.2, -0.15) is 0 Å². The molecule has 0 saturated carbocycles. The van der Waals surface area contributed by atoms with Crippen LogP contribution in [0.15, 0.2) is 29.2 Å². The lowest BCUT2D eigenvalue weighted by Crippen LogP contribution is -2.30. The molecule has 0 bridgehead atoms. The Hall–Kier alpha value is -1.44. The molecule has 0 radical (unpaired) electrons. The fourth-order valence-corrected chi connectivity index (χ4v) is 2.72. The van der Waals surface area contributed by atoms with E-state index in [0.29, 0.717) is 5.69 Å². The Morgan fingerprint density at radius 1 is 1.20 bits per heavy atom. The summed E-state index contributed by atoms with van der Waals surface area (Å²) in [4.78, 5) is 11.8. The van der Waals surface area contributed by atoms with E-state index in [-0.39, 0.29) is 29.3 Å². The van der Waals surface area contributed by atoms with Crippen molar-refractivity contribution in [3.8, 4) is 0 Å². The van der Waals surface area contributed by atoms with E-state index in [2.05, 4.69) is 10.0 Å². The first-order valence-corrected chi connectivity index (χ1v) is 7.88. The summed E-state index contributed by atoms with van der Waals surface area (Å²) in [6.07, 6.45) is 0. The average Bonchev–Trinajstić information content (AvgIpc) is 2.36. The van der Waals surface area contributed by atoms with Crippen LogP contribution in [0.3, 0.4) is 0 Å². The van der Waals surface area contributed by atoms with Gasteiger partial charge in [-0.3, -0.25) is 4.79 Å². The molecule has 0 fully saturated rings. The molecule has 0 aliphatic heterocycles. The normalized spacial score (nSPS) is 13.2. The molecule has 1 amide bonds. The second-order valence-electron chi connectivity index (χ2n) is 4.93.